The zero-order chi connectivity index (χ0) is 36.1. The normalized spacial score (nSPS) is 14.1. The molecule has 0 saturated carbocycles. The fraction of sp³-hybridized carbons (Fsp3) is 0.375. The van der Waals surface area contributed by atoms with Crippen molar-refractivity contribution in [2.75, 3.05) is 7.11 Å². The van der Waals surface area contributed by atoms with E-state index in [0.717, 1.165) is 25.3 Å². The lowest BCUT2D eigenvalue weighted by molar-refractivity contribution is -0.253. The summed E-state index contributed by atoms with van der Waals surface area (Å²) < 4.78 is 140. The van der Waals surface area contributed by atoms with Crippen LogP contribution in [0.5, 0.6) is 11.5 Å². The number of alkyl carbamates (subject to hydrolysis) is 1. The van der Waals surface area contributed by atoms with Crippen molar-refractivity contribution in [1.82, 2.24) is 10.6 Å². The van der Waals surface area contributed by atoms with Gasteiger partial charge in [0, 0.05) is 12.5 Å². The second kappa shape index (κ2) is 14.6. The summed E-state index contributed by atoms with van der Waals surface area (Å²) in [7, 11) is 1.08. The first-order chi connectivity index (χ1) is 22.1. The number of methoxy groups -OCH3 is 1. The summed E-state index contributed by atoms with van der Waals surface area (Å²) in [6, 6.07) is 9.57. The van der Waals surface area contributed by atoms with Crippen LogP contribution in [0, 0.1) is 11.6 Å². The maximum absolute atomic E-state index is 15.1. The molecule has 16 heteroatoms. The van der Waals surface area contributed by atoms with E-state index in [1.807, 2.05) is 0 Å². The van der Waals surface area contributed by atoms with Crippen molar-refractivity contribution < 1.29 is 63.3 Å². The summed E-state index contributed by atoms with van der Waals surface area (Å²) in [6.45, 7) is 4.18. The van der Waals surface area contributed by atoms with Gasteiger partial charge in [0.05, 0.1) is 19.1 Å². The Bertz CT molecular complexity index is 1580. The predicted octanol–water partition coefficient (Wildman–Crippen LogP) is 7.66. The number of carbonyl (C=O) groups is 2. The van der Waals surface area contributed by atoms with Gasteiger partial charge in [0.15, 0.2) is 11.6 Å². The van der Waals surface area contributed by atoms with Gasteiger partial charge in [-0.15, -0.1) is 0 Å². The number of nitrogens with one attached hydrogen (secondary N) is 2. The van der Waals surface area contributed by atoms with E-state index < -0.39 is 89.4 Å². The zero-order valence-corrected chi connectivity index (χ0v) is 25.9. The predicted molar refractivity (Wildman–Crippen MR) is 154 cm³/mol. The van der Waals surface area contributed by atoms with Gasteiger partial charge in [0.1, 0.15) is 23.2 Å². The van der Waals surface area contributed by atoms with E-state index in [1.54, 1.807) is 23.5 Å². The van der Waals surface area contributed by atoms with Crippen LogP contribution in [-0.4, -0.2) is 49.5 Å². The molecule has 2 N–H and O–H groups in total. The molecule has 48 heavy (non-hydrogen) atoms. The molecule has 2 atom stereocenters. The second-order valence-electron chi connectivity index (χ2n) is 11.5. The minimum absolute atomic E-state index is 0.154. The van der Waals surface area contributed by atoms with Crippen LogP contribution >= 0.6 is 0 Å². The number of carbonyl (C=O) groups excluding carboxylic acids is 2. The summed E-state index contributed by atoms with van der Waals surface area (Å²) >= 11 is 0. The number of hydrogen-bond donors (Lipinski definition) is 2. The van der Waals surface area contributed by atoms with Gasteiger partial charge in [0.25, 0.3) is 0 Å². The third kappa shape index (κ3) is 9.94. The van der Waals surface area contributed by atoms with Crippen molar-refractivity contribution in [3.63, 3.8) is 0 Å². The van der Waals surface area contributed by atoms with Crippen LogP contribution in [0.3, 0.4) is 0 Å². The van der Waals surface area contributed by atoms with Crippen LogP contribution in [0.2, 0.25) is 0 Å². The van der Waals surface area contributed by atoms with Crippen molar-refractivity contribution in [2.45, 2.75) is 69.5 Å². The van der Waals surface area contributed by atoms with Gasteiger partial charge in [-0.3, -0.25) is 4.79 Å². The summed E-state index contributed by atoms with van der Waals surface area (Å²) in [5.41, 5.74) is -3.73. The molecule has 2 unspecified atom stereocenters. The summed E-state index contributed by atoms with van der Waals surface area (Å²) in [4.78, 5) is 25.8. The quantitative estimate of drug-likeness (QED) is 0.190. The topological polar surface area (TPSA) is 85.9 Å². The summed E-state index contributed by atoms with van der Waals surface area (Å²) in [5, 5.41) is 3.97. The highest BCUT2D eigenvalue weighted by atomic mass is 19.4. The van der Waals surface area contributed by atoms with Crippen LogP contribution in [0.25, 0.3) is 0 Å². The SMILES string of the molecule is COc1cc(C(Cc2ccccc2)(NC(=O)CC(NC(=O)OC(C)(C)C)C(F)(F)F)c2cc(F)cc(OC(F)(F)C(F)F)c2)ccc1F. The lowest BCUT2D eigenvalue weighted by Gasteiger charge is -2.37. The standard InChI is InChI=1S/C32H31F9N2O5/c1-29(2,3)48-28(45)42-25(31(37,38)39)16-26(44)43-30(17-18-8-6-5-7-9-18,19-10-11-23(34)24(14-19)46-4)20-12-21(33)15-22(13-20)47-32(40,41)27(35)36/h5-15,25,27H,16-17H2,1-4H3,(H,42,45)(H,43,44). The first-order valence-corrected chi connectivity index (χ1v) is 14.1. The Morgan fingerprint density at radius 2 is 1.50 bits per heavy atom. The average Bonchev–Trinajstić information content (AvgIpc) is 2.95. The molecule has 0 fully saturated rings. The molecule has 0 aliphatic rings. The van der Waals surface area contributed by atoms with Crippen LogP contribution < -0.4 is 20.1 Å². The van der Waals surface area contributed by atoms with E-state index in [9.17, 15) is 44.7 Å². The monoisotopic (exact) mass is 694 g/mol. The fourth-order valence-electron chi connectivity index (χ4n) is 4.63. The first kappa shape index (κ1) is 37.8. The Morgan fingerprint density at radius 3 is 2.06 bits per heavy atom. The van der Waals surface area contributed by atoms with Gasteiger partial charge in [0.2, 0.25) is 5.91 Å². The second-order valence-corrected chi connectivity index (χ2v) is 11.5. The molecule has 7 nitrogen and oxygen atoms in total. The molecule has 262 valence electrons. The molecular formula is C32H31F9N2O5. The van der Waals surface area contributed by atoms with E-state index in [-0.39, 0.29) is 5.56 Å². The Morgan fingerprint density at radius 1 is 0.854 bits per heavy atom. The molecule has 0 saturated heterocycles. The lowest BCUT2D eigenvalue weighted by atomic mass is 9.77. The van der Waals surface area contributed by atoms with Crippen LogP contribution in [0.1, 0.15) is 43.9 Å². The highest BCUT2D eigenvalue weighted by Crippen LogP contribution is 2.39. The molecule has 0 spiro atoms. The number of ether oxygens (including phenoxy) is 3. The number of benzene rings is 3. The molecule has 3 rings (SSSR count). The van der Waals surface area contributed by atoms with Crippen molar-refractivity contribution in [1.29, 1.82) is 0 Å². The van der Waals surface area contributed by atoms with Crippen molar-refractivity contribution in [2.24, 2.45) is 0 Å². The molecule has 2 amide bonds. The average molecular weight is 695 g/mol. The third-order valence-corrected chi connectivity index (χ3v) is 6.66. The third-order valence-electron chi connectivity index (χ3n) is 6.66. The van der Waals surface area contributed by atoms with Gasteiger partial charge in [-0.2, -0.15) is 30.7 Å². The highest BCUT2D eigenvalue weighted by molar-refractivity contribution is 5.80. The molecule has 3 aromatic rings. The summed E-state index contributed by atoms with van der Waals surface area (Å²) in [5.74, 6) is -5.23. The lowest BCUT2D eigenvalue weighted by Crippen LogP contribution is -2.53. The van der Waals surface area contributed by atoms with Gasteiger partial charge in [-0.1, -0.05) is 36.4 Å². The largest absolute Gasteiger partial charge is 0.494 e. The smallest absolute Gasteiger partial charge is 0.461 e. The van der Waals surface area contributed by atoms with Gasteiger partial charge < -0.3 is 24.8 Å². The Hall–Kier alpha value is -4.63. The molecular weight excluding hydrogens is 663 g/mol. The van der Waals surface area contributed by atoms with E-state index in [4.69, 9.17) is 9.47 Å². The molecule has 0 heterocycles. The Balaban J connectivity index is 2.25. The van der Waals surface area contributed by atoms with Crippen LogP contribution in [-0.2, 0) is 21.5 Å². The van der Waals surface area contributed by atoms with E-state index in [0.29, 0.717) is 23.8 Å². The minimum atomic E-state index is -5.20. The number of amides is 2. The number of hydrogen-bond acceptors (Lipinski definition) is 5. The molecule has 0 bridgehead atoms. The van der Waals surface area contributed by atoms with E-state index in [2.05, 4.69) is 10.1 Å². The fourth-order valence-corrected chi connectivity index (χ4v) is 4.63. The van der Waals surface area contributed by atoms with Crippen LogP contribution in [0.4, 0.5) is 44.3 Å². The van der Waals surface area contributed by atoms with Crippen molar-refractivity contribution >= 4 is 12.0 Å². The zero-order valence-electron chi connectivity index (χ0n) is 25.9. The van der Waals surface area contributed by atoms with E-state index in [1.165, 1.54) is 32.9 Å². The maximum Gasteiger partial charge on any atom is 0.461 e. The maximum atomic E-state index is 15.1. The summed E-state index contributed by atoms with van der Waals surface area (Å²) in [6.07, 6.45) is -18.0. The molecule has 0 aliphatic carbocycles. The van der Waals surface area contributed by atoms with Gasteiger partial charge in [-0.05, 0) is 61.7 Å². The Kier molecular flexibility index (Phi) is 11.5. The number of halogens is 9. The number of alkyl halides is 7. The number of rotatable bonds is 12. The molecule has 3 aromatic carbocycles. The van der Waals surface area contributed by atoms with Crippen LogP contribution in [0.15, 0.2) is 66.7 Å². The molecule has 0 aromatic heterocycles. The van der Waals surface area contributed by atoms with Gasteiger partial charge in [-0.25, -0.2) is 13.6 Å². The van der Waals surface area contributed by atoms with E-state index >= 15 is 4.39 Å². The first-order valence-electron chi connectivity index (χ1n) is 14.1. The van der Waals surface area contributed by atoms with Crippen molar-refractivity contribution in [3.05, 3.63) is 95.1 Å². The van der Waals surface area contributed by atoms with Crippen molar-refractivity contribution in [3.8, 4) is 11.5 Å². The minimum Gasteiger partial charge on any atom is -0.494 e. The highest BCUT2D eigenvalue weighted by Gasteiger charge is 2.46. The molecule has 0 radical (unpaired) electrons. The van der Waals surface area contributed by atoms with Gasteiger partial charge >= 0.3 is 24.8 Å². The molecule has 0 aliphatic heterocycles. The Labute approximate surface area is 269 Å².